The molecule has 3 fully saturated rings. The molecule has 4 nitrogen and oxygen atoms in total. The molecule has 3 atom stereocenters. The Labute approximate surface area is 143 Å². The fraction of sp³-hybridized carbons (Fsp3) is 0.600. The summed E-state index contributed by atoms with van der Waals surface area (Å²) in [4.78, 5) is 25.7. The Hall–Kier alpha value is -1.84. The zero-order valence-electron chi connectivity index (χ0n) is 14.1. The molecule has 4 rings (SSSR count). The summed E-state index contributed by atoms with van der Waals surface area (Å²) in [5, 5.41) is 0. The topological polar surface area (TPSA) is 46.6 Å². The minimum Gasteiger partial charge on any atom is -0.465 e. The maximum Gasteiger partial charge on any atom is 0.310 e. The lowest BCUT2D eigenvalue weighted by Crippen LogP contribution is -2.23. The van der Waals surface area contributed by atoms with Gasteiger partial charge in [0.05, 0.1) is 13.0 Å². The number of esters is 1. The molecule has 1 amide bonds. The largest absolute Gasteiger partial charge is 0.465 e. The van der Waals surface area contributed by atoms with Crippen molar-refractivity contribution in [1.29, 1.82) is 0 Å². The summed E-state index contributed by atoms with van der Waals surface area (Å²) in [5.74, 6) is 2.33. The number of nitrogens with zero attached hydrogens (tertiary/aromatic N) is 1. The SMILES string of the molecule is O=C(Cc1ccc(N2CCCC2=O)cc1)OC[C@@H]1C[C@H]2CC[C@H]1C2. The molecule has 0 aromatic heterocycles. The van der Waals surface area contributed by atoms with Crippen molar-refractivity contribution in [2.75, 3.05) is 18.1 Å². The number of carbonyl (C=O) groups is 2. The Morgan fingerprint density at radius 3 is 2.62 bits per heavy atom. The summed E-state index contributed by atoms with van der Waals surface area (Å²) in [6.45, 7) is 1.39. The number of benzene rings is 1. The Balaban J connectivity index is 1.27. The number of hydrogen-bond donors (Lipinski definition) is 0. The van der Waals surface area contributed by atoms with Crippen molar-refractivity contribution in [3.05, 3.63) is 29.8 Å². The molecule has 1 aliphatic heterocycles. The molecule has 1 aromatic rings. The summed E-state index contributed by atoms with van der Waals surface area (Å²) >= 11 is 0. The van der Waals surface area contributed by atoms with E-state index in [4.69, 9.17) is 4.74 Å². The van der Waals surface area contributed by atoms with Gasteiger partial charge in [-0.15, -0.1) is 0 Å². The van der Waals surface area contributed by atoms with Gasteiger partial charge >= 0.3 is 5.97 Å². The standard InChI is InChI=1S/C20H25NO3/c22-19-2-1-9-21(19)18-7-4-14(5-8-18)12-20(23)24-13-17-11-15-3-6-16(17)10-15/h4-5,7-8,15-17H,1-3,6,9-13H2/t15-,16-,17-/m0/s1. The lowest BCUT2D eigenvalue weighted by Gasteiger charge is -2.21. The first-order valence-corrected chi connectivity index (χ1v) is 9.24. The molecule has 3 aliphatic rings. The Morgan fingerprint density at radius 1 is 1.17 bits per heavy atom. The van der Waals surface area contributed by atoms with E-state index in [1.54, 1.807) is 0 Å². The predicted octanol–water partition coefficient (Wildman–Crippen LogP) is 3.34. The molecule has 2 aliphatic carbocycles. The van der Waals surface area contributed by atoms with E-state index in [1.165, 1.54) is 25.7 Å². The van der Waals surface area contributed by atoms with Crippen LogP contribution in [0.15, 0.2) is 24.3 Å². The van der Waals surface area contributed by atoms with Crippen LogP contribution in [0, 0.1) is 17.8 Å². The number of anilines is 1. The number of ether oxygens (including phenoxy) is 1. The van der Waals surface area contributed by atoms with Crippen molar-refractivity contribution in [2.45, 2.75) is 44.9 Å². The summed E-state index contributed by atoms with van der Waals surface area (Å²) in [6, 6.07) is 7.73. The van der Waals surface area contributed by atoms with Crippen molar-refractivity contribution >= 4 is 17.6 Å². The van der Waals surface area contributed by atoms with Gasteiger partial charge in [0.15, 0.2) is 0 Å². The third-order valence-electron chi connectivity index (χ3n) is 6.01. The normalized spacial score (nSPS) is 28.6. The van der Waals surface area contributed by atoms with Gasteiger partial charge in [-0.1, -0.05) is 18.6 Å². The van der Waals surface area contributed by atoms with Crippen LogP contribution in [0.25, 0.3) is 0 Å². The van der Waals surface area contributed by atoms with Crippen LogP contribution < -0.4 is 4.90 Å². The van der Waals surface area contributed by atoms with Crippen LogP contribution >= 0.6 is 0 Å². The fourth-order valence-electron chi connectivity index (χ4n) is 4.71. The maximum atomic E-state index is 12.1. The summed E-state index contributed by atoms with van der Waals surface area (Å²) in [7, 11) is 0. The zero-order valence-corrected chi connectivity index (χ0v) is 14.1. The molecule has 0 unspecified atom stereocenters. The van der Waals surface area contributed by atoms with Gasteiger partial charge < -0.3 is 9.64 Å². The monoisotopic (exact) mass is 327 g/mol. The molecule has 0 spiro atoms. The third-order valence-corrected chi connectivity index (χ3v) is 6.01. The Kier molecular flexibility index (Phi) is 4.30. The molecule has 1 aromatic carbocycles. The first-order chi connectivity index (χ1) is 11.7. The summed E-state index contributed by atoms with van der Waals surface area (Å²) in [6.07, 6.45) is 7.17. The molecule has 24 heavy (non-hydrogen) atoms. The van der Waals surface area contributed by atoms with E-state index in [-0.39, 0.29) is 11.9 Å². The number of fused-ring (bicyclic) bond motifs is 2. The minimum atomic E-state index is -0.136. The van der Waals surface area contributed by atoms with Crippen molar-refractivity contribution < 1.29 is 14.3 Å². The van der Waals surface area contributed by atoms with Gasteiger partial charge in [-0.25, -0.2) is 0 Å². The number of amides is 1. The van der Waals surface area contributed by atoms with Gasteiger partial charge in [-0.05, 0) is 61.1 Å². The minimum absolute atomic E-state index is 0.136. The molecule has 128 valence electrons. The average molecular weight is 327 g/mol. The summed E-state index contributed by atoms with van der Waals surface area (Å²) in [5.41, 5.74) is 1.87. The molecular formula is C20H25NO3. The van der Waals surface area contributed by atoms with Crippen LogP contribution in [0.4, 0.5) is 5.69 Å². The second-order valence-electron chi connectivity index (χ2n) is 7.61. The molecule has 1 heterocycles. The van der Waals surface area contributed by atoms with Gasteiger partial charge in [0.2, 0.25) is 5.91 Å². The van der Waals surface area contributed by atoms with E-state index in [2.05, 4.69) is 0 Å². The molecule has 0 radical (unpaired) electrons. The highest BCUT2D eigenvalue weighted by molar-refractivity contribution is 5.95. The van der Waals surface area contributed by atoms with Gasteiger partial charge in [0.25, 0.3) is 0 Å². The second-order valence-corrected chi connectivity index (χ2v) is 7.61. The molecular weight excluding hydrogens is 302 g/mol. The van der Waals surface area contributed by atoms with E-state index in [0.717, 1.165) is 36.1 Å². The van der Waals surface area contributed by atoms with E-state index in [1.807, 2.05) is 29.2 Å². The highest BCUT2D eigenvalue weighted by Crippen LogP contribution is 2.48. The second kappa shape index (κ2) is 6.58. The fourth-order valence-corrected chi connectivity index (χ4v) is 4.71. The Bertz CT molecular complexity index is 624. The average Bonchev–Trinajstić information content (AvgIpc) is 3.30. The van der Waals surface area contributed by atoms with E-state index < -0.39 is 0 Å². The Morgan fingerprint density at radius 2 is 2.00 bits per heavy atom. The smallest absolute Gasteiger partial charge is 0.310 e. The summed E-state index contributed by atoms with van der Waals surface area (Å²) < 4.78 is 5.53. The molecule has 2 bridgehead atoms. The molecule has 0 N–H and O–H groups in total. The highest BCUT2D eigenvalue weighted by Gasteiger charge is 2.39. The molecule has 2 saturated carbocycles. The van der Waals surface area contributed by atoms with Crippen LogP contribution in [-0.4, -0.2) is 25.0 Å². The number of hydrogen-bond acceptors (Lipinski definition) is 3. The van der Waals surface area contributed by atoms with Crippen molar-refractivity contribution in [1.82, 2.24) is 0 Å². The van der Waals surface area contributed by atoms with Crippen molar-refractivity contribution in [2.24, 2.45) is 17.8 Å². The van der Waals surface area contributed by atoms with Gasteiger partial charge in [-0.3, -0.25) is 9.59 Å². The zero-order chi connectivity index (χ0) is 16.5. The van der Waals surface area contributed by atoms with E-state index in [9.17, 15) is 9.59 Å². The van der Waals surface area contributed by atoms with Crippen LogP contribution in [0.5, 0.6) is 0 Å². The van der Waals surface area contributed by atoms with E-state index in [0.29, 0.717) is 25.4 Å². The third kappa shape index (κ3) is 3.19. The van der Waals surface area contributed by atoms with E-state index >= 15 is 0 Å². The van der Waals surface area contributed by atoms with Crippen LogP contribution in [0.3, 0.4) is 0 Å². The first-order valence-electron chi connectivity index (χ1n) is 9.24. The van der Waals surface area contributed by atoms with Crippen LogP contribution in [0.2, 0.25) is 0 Å². The van der Waals surface area contributed by atoms with Gasteiger partial charge in [-0.2, -0.15) is 0 Å². The van der Waals surface area contributed by atoms with Crippen molar-refractivity contribution in [3.63, 3.8) is 0 Å². The maximum absolute atomic E-state index is 12.1. The quantitative estimate of drug-likeness (QED) is 0.779. The number of carbonyl (C=O) groups excluding carboxylic acids is 2. The van der Waals surface area contributed by atoms with Crippen LogP contribution in [0.1, 0.15) is 44.1 Å². The van der Waals surface area contributed by atoms with Crippen LogP contribution in [-0.2, 0) is 20.7 Å². The highest BCUT2D eigenvalue weighted by atomic mass is 16.5. The first kappa shape index (κ1) is 15.7. The number of rotatable bonds is 5. The molecule has 1 saturated heterocycles. The van der Waals surface area contributed by atoms with Crippen molar-refractivity contribution in [3.8, 4) is 0 Å². The lowest BCUT2D eigenvalue weighted by atomic mass is 9.89. The van der Waals surface area contributed by atoms with Gasteiger partial charge in [0, 0.05) is 18.7 Å². The molecule has 4 heteroatoms. The predicted molar refractivity (Wildman–Crippen MR) is 91.6 cm³/mol. The lowest BCUT2D eigenvalue weighted by molar-refractivity contribution is -0.144. The van der Waals surface area contributed by atoms with Gasteiger partial charge in [0.1, 0.15) is 0 Å².